The van der Waals surface area contributed by atoms with Gasteiger partial charge >= 0.3 is 11.9 Å². The van der Waals surface area contributed by atoms with Crippen LogP contribution in [0.4, 0.5) is 13.2 Å². The molecule has 200 valence electrons. The van der Waals surface area contributed by atoms with E-state index in [1.165, 1.54) is 9.13 Å². The molecule has 0 N–H and O–H groups in total. The highest BCUT2D eigenvalue weighted by molar-refractivity contribution is 5.94. The second-order valence-corrected chi connectivity index (χ2v) is 9.87. The van der Waals surface area contributed by atoms with E-state index in [2.05, 4.69) is 10.1 Å². The maximum Gasteiger partial charge on any atom is 0.408 e. The van der Waals surface area contributed by atoms with Gasteiger partial charge in [0.05, 0.1) is 34.6 Å². The molecule has 1 amide bonds. The minimum atomic E-state index is -4.50. The molecular weight excluding hydrogens is 509 g/mol. The van der Waals surface area contributed by atoms with Gasteiger partial charge in [-0.3, -0.25) is 23.6 Å². The zero-order valence-corrected chi connectivity index (χ0v) is 21.3. The monoisotopic (exact) mass is 534 g/mol. The molecule has 6 rings (SSSR count). The quantitative estimate of drug-likeness (QED) is 0.338. The third-order valence-electron chi connectivity index (χ3n) is 7.51. The van der Waals surface area contributed by atoms with Crippen molar-refractivity contribution in [2.24, 2.45) is 7.05 Å². The van der Waals surface area contributed by atoms with Crippen molar-refractivity contribution in [3.05, 3.63) is 77.1 Å². The lowest BCUT2D eigenvalue weighted by atomic mass is 10.0. The van der Waals surface area contributed by atoms with E-state index in [1.807, 2.05) is 44.3 Å². The molecule has 3 aromatic heterocycles. The molecule has 1 aliphatic heterocycles. The van der Waals surface area contributed by atoms with E-state index in [-0.39, 0.29) is 19.4 Å². The van der Waals surface area contributed by atoms with Crippen LogP contribution >= 0.6 is 0 Å². The molecule has 8 nitrogen and oxygen atoms in total. The predicted molar refractivity (Wildman–Crippen MR) is 141 cm³/mol. The van der Waals surface area contributed by atoms with Crippen LogP contribution in [-0.4, -0.2) is 53.5 Å². The molecule has 11 heteroatoms. The number of hydrogen-bond acceptors (Lipinski definition) is 4. The molecule has 0 radical (unpaired) electrons. The van der Waals surface area contributed by atoms with Gasteiger partial charge in [0, 0.05) is 30.7 Å². The summed E-state index contributed by atoms with van der Waals surface area (Å²) < 4.78 is 45.0. The number of amides is 1. The van der Waals surface area contributed by atoms with E-state index in [9.17, 15) is 22.8 Å². The number of rotatable bonds is 4. The van der Waals surface area contributed by atoms with Crippen molar-refractivity contribution >= 4 is 27.8 Å². The fourth-order valence-corrected chi connectivity index (χ4v) is 5.58. The average Bonchev–Trinajstić information content (AvgIpc) is 3.62. The molecule has 4 heterocycles. The van der Waals surface area contributed by atoms with Crippen LogP contribution in [0.25, 0.3) is 38.8 Å². The van der Waals surface area contributed by atoms with Gasteiger partial charge in [-0.1, -0.05) is 24.3 Å². The molecule has 0 bridgehead atoms. The Bertz CT molecular complexity index is 1780. The molecule has 0 saturated carbocycles. The van der Waals surface area contributed by atoms with E-state index in [0.29, 0.717) is 16.7 Å². The van der Waals surface area contributed by atoms with Crippen LogP contribution < -0.4 is 5.69 Å². The van der Waals surface area contributed by atoms with E-state index in [4.69, 9.17) is 0 Å². The highest BCUT2D eigenvalue weighted by Crippen LogP contribution is 2.33. The predicted octanol–water partition coefficient (Wildman–Crippen LogP) is 4.60. The summed E-state index contributed by atoms with van der Waals surface area (Å²) in [5.41, 5.74) is 4.67. The number of aromatic nitrogens is 5. The summed E-state index contributed by atoms with van der Waals surface area (Å²) >= 11 is 0. The second kappa shape index (κ2) is 9.11. The number of hydrogen-bond donors (Lipinski definition) is 0. The van der Waals surface area contributed by atoms with Gasteiger partial charge < -0.3 is 4.90 Å². The first-order chi connectivity index (χ1) is 18.6. The van der Waals surface area contributed by atoms with Crippen LogP contribution in [0.2, 0.25) is 0 Å². The highest BCUT2D eigenvalue weighted by atomic mass is 19.4. The fourth-order valence-electron chi connectivity index (χ4n) is 5.58. The van der Waals surface area contributed by atoms with Crippen molar-refractivity contribution in [2.75, 3.05) is 6.54 Å². The smallest absolute Gasteiger partial charge is 0.329 e. The molecule has 1 atom stereocenters. The maximum atomic E-state index is 13.7. The third kappa shape index (κ3) is 4.08. The standard InChI is InChI=1S/C28H25F3N6O2/c1-17-5-3-6-22-26(17)37(27(39)36(22)16-25(38)35-12-4-7-24(35)28(29,30)31)19-10-8-18(9-11-19)20-13-32-15-23-21(20)14-33-34(23)2/h3,5-6,8-11,13-15,24H,4,7,12,16H2,1-2H3/t24-/m0/s1. The molecule has 1 saturated heterocycles. The third-order valence-corrected chi connectivity index (χ3v) is 7.51. The van der Waals surface area contributed by atoms with E-state index in [1.54, 1.807) is 35.4 Å². The number of nitrogens with zero attached hydrogens (tertiary/aromatic N) is 6. The van der Waals surface area contributed by atoms with E-state index >= 15 is 0 Å². The molecule has 39 heavy (non-hydrogen) atoms. The number of imidazole rings is 1. The van der Waals surface area contributed by atoms with Crippen molar-refractivity contribution in [1.29, 1.82) is 0 Å². The van der Waals surface area contributed by atoms with E-state index < -0.39 is 30.4 Å². The Morgan fingerprint density at radius 3 is 2.56 bits per heavy atom. The summed E-state index contributed by atoms with van der Waals surface area (Å²) in [5, 5.41) is 5.26. The molecule has 1 aliphatic rings. The fraction of sp³-hybridized carbons (Fsp3) is 0.286. The maximum absolute atomic E-state index is 13.7. The summed E-state index contributed by atoms with van der Waals surface area (Å²) in [5.74, 6) is -0.718. The van der Waals surface area contributed by atoms with Gasteiger partial charge in [-0.15, -0.1) is 0 Å². The van der Waals surface area contributed by atoms with Gasteiger partial charge in [0.2, 0.25) is 5.91 Å². The van der Waals surface area contributed by atoms with Crippen molar-refractivity contribution in [1.82, 2.24) is 28.8 Å². The molecule has 0 unspecified atom stereocenters. The first-order valence-electron chi connectivity index (χ1n) is 12.6. The largest absolute Gasteiger partial charge is 0.408 e. The first-order valence-corrected chi connectivity index (χ1v) is 12.6. The van der Waals surface area contributed by atoms with E-state index in [0.717, 1.165) is 32.5 Å². The van der Waals surface area contributed by atoms with Gasteiger partial charge in [0.15, 0.2) is 0 Å². The van der Waals surface area contributed by atoms with Crippen molar-refractivity contribution in [3.63, 3.8) is 0 Å². The van der Waals surface area contributed by atoms with Crippen LogP contribution in [0.1, 0.15) is 18.4 Å². The van der Waals surface area contributed by atoms with Crippen molar-refractivity contribution < 1.29 is 18.0 Å². The number of aryl methyl sites for hydroxylation is 2. The van der Waals surface area contributed by atoms with Gasteiger partial charge in [-0.2, -0.15) is 18.3 Å². The number of carbonyl (C=O) groups excluding carboxylic acids is 1. The van der Waals surface area contributed by atoms with Gasteiger partial charge in [0.25, 0.3) is 0 Å². The lowest BCUT2D eigenvalue weighted by Crippen LogP contribution is -2.46. The van der Waals surface area contributed by atoms with Crippen LogP contribution in [0.5, 0.6) is 0 Å². The van der Waals surface area contributed by atoms with Gasteiger partial charge in [-0.25, -0.2) is 4.79 Å². The highest BCUT2D eigenvalue weighted by Gasteiger charge is 2.47. The number of fused-ring (bicyclic) bond motifs is 2. The first kappa shape index (κ1) is 24.9. The number of carbonyl (C=O) groups is 1. The molecule has 5 aromatic rings. The molecule has 1 fully saturated rings. The summed E-state index contributed by atoms with van der Waals surface area (Å²) in [7, 11) is 1.85. The zero-order valence-electron chi connectivity index (χ0n) is 21.3. The van der Waals surface area contributed by atoms with Crippen LogP contribution in [0.15, 0.2) is 65.8 Å². The van der Waals surface area contributed by atoms with Crippen molar-refractivity contribution in [2.45, 2.75) is 38.5 Å². The van der Waals surface area contributed by atoms with Crippen molar-refractivity contribution in [3.8, 4) is 16.8 Å². The normalized spacial score (nSPS) is 16.0. The number of alkyl halides is 3. The minimum absolute atomic E-state index is 0.0233. The number of likely N-dealkylation sites (tertiary alicyclic amines) is 1. The lowest BCUT2D eigenvalue weighted by Gasteiger charge is -2.26. The molecule has 0 spiro atoms. The Hall–Kier alpha value is -4.41. The Morgan fingerprint density at radius 1 is 1.05 bits per heavy atom. The van der Waals surface area contributed by atoms with Crippen LogP contribution in [-0.2, 0) is 18.4 Å². The molecule has 0 aliphatic carbocycles. The summed E-state index contributed by atoms with van der Waals surface area (Å²) in [6, 6.07) is 10.9. The molecular formula is C28H25F3N6O2. The number of benzene rings is 2. The average molecular weight is 535 g/mol. The number of para-hydroxylation sites is 1. The Kier molecular flexibility index (Phi) is 5.81. The number of halogens is 3. The topological polar surface area (TPSA) is 78.0 Å². The van der Waals surface area contributed by atoms with Crippen LogP contribution in [0, 0.1) is 6.92 Å². The summed E-state index contributed by atoms with van der Waals surface area (Å²) in [6.07, 6.45) is 0.943. The van der Waals surface area contributed by atoms with Gasteiger partial charge in [0.1, 0.15) is 12.6 Å². The van der Waals surface area contributed by atoms with Crippen LogP contribution in [0.3, 0.4) is 0 Å². The SMILES string of the molecule is Cc1cccc2c1n(-c1ccc(-c3cncc4c3cnn4C)cc1)c(=O)n2CC(=O)N1CCC[C@H]1C(F)(F)F. The summed E-state index contributed by atoms with van der Waals surface area (Å²) in [6.45, 7) is 1.41. The second-order valence-electron chi connectivity index (χ2n) is 9.87. The zero-order chi connectivity index (χ0) is 27.5. The molecule has 2 aromatic carbocycles. The Balaban J connectivity index is 1.41. The summed E-state index contributed by atoms with van der Waals surface area (Å²) in [4.78, 5) is 31.9. The van der Waals surface area contributed by atoms with Gasteiger partial charge in [-0.05, 0) is 49.1 Å². The Morgan fingerprint density at radius 2 is 1.82 bits per heavy atom. The number of pyridine rings is 1. The Labute approximate surface area is 220 Å². The minimum Gasteiger partial charge on any atom is -0.329 e. The lowest BCUT2D eigenvalue weighted by molar-refractivity contribution is -0.182.